The minimum Gasteiger partial charge on any atom is -0.391 e. The quantitative estimate of drug-likeness (QED) is 0.0891. The minimum absolute atomic E-state index is 0. The van der Waals surface area contributed by atoms with Gasteiger partial charge in [-0.1, -0.05) is 69.3 Å². The number of fused-ring (bicyclic) bond motifs is 1. The number of aryl methyl sites for hydroxylation is 2. The van der Waals surface area contributed by atoms with Gasteiger partial charge in [0.15, 0.2) is 0 Å². The van der Waals surface area contributed by atoms with Crippen LogP contribution in [0.15, 0.2) is 54.0 Å². The van der Waals surface area contributed by atoms with Gasteiger partial charge in [-0.05, 0) is 86.5 Å². The van der Waals surface area contributed by atoms with Gasteiger partial charge in [0, 0.05) is 58.4 Å². The molecule has 6 rings (SSSR count). The van der Waals surface area contributed by atoms with Crippen molar-refractivity contribution < 1.29 is 43.4 Å². The first-order chi connectivity index (χ1) is 33.7. The van der Waals surface area contributed by atoms with Crippen LogP contribution in [-0.4, -0.2) is 134 Å². The molecule has 3 aromatic rings. The third-order valence-corrected chi connectivity index (χ3v) is 14.9. The number of likely N-dealkylation sites (tertiary alicyclic amines) is 1. The van der Waals surface area contributed by atoms with E-state index in [1.54, 1.807) is 21.1 Å². The number of unbranched alkanes of at least 4 members (excludes halogenated alkanes) is 1. The zero-order valence-electron chi connectivity index (χ0n) is 42.4. The molecular formula is C52H74ClN9O9S. The van der Waals surface area contributed by atoms with Gasteiger partial charge < -0.3 is 52.0 Å². The maximum absolute atomic E-state index is 14.1. The van der Waals surface area contributed by atoms with Crippen LogP contribution in [0.1, 0.15) is 115 Å². The van der Waals surface area contributed by atoms with Crippen LogP contribution < -0.4 is 27.4 Å². The number of β-amino-alcohol motifs (C(OH)–C–C–N with tert-alkyl or cyclic N) is 1. The van der Waals surface area contributed by atoms with Crippen molar-refractivity contribution in [3.63, 3.8) is 0 Å². The summed E-state index contributed by atoms with van der Waals surface area (Å²) in [6.45, 7) is 11.8. The predicted molar refractivity (Wildman–Crippen MR) is 276 cm³/mol. The van der Waals surface area contributed by atoms with Gasteiger partial charge in [0.2, 0.25) is 41.4 Å². The SMILES string of the molecule is CC(=O)N1CC[C@H]2CC[C@@H](C(=O)N[C@@H](CCC(N)=O)[C@@H](C)OCc3ccc(CCCCC(=O)N[C@H](C(=O)N4C[C@H](O)C[C@H]4C(=O)NCc4ccc(-c5scnc5C)cc4)C(C)(C)C)cc3)N2C(=O)[C@@H](N)C1.Cl. The van der Waals surface area contributed by atoms with Crippen LogP contribution in [0.4, 0.5) is 0 Å². The number of benzene rings is 2. The number of ether oxygens (including phenoxy) is 1. The fourth-order valence-electron chi connectivity index (χ4n) is 9.72. The largest absolute Gasteiger partial charge is 0.391 e. The summed E-state index contributed by atoms with van der Waals surface area (Å²) in [6, 6.07) is 11.5. The molecule has 3 saturated heterocycles. The molecule has 394 valence electrons. The smallest absolute Gasteiger partial charge is 0.246 e. The summed E-state index contributed by atoms with van der Waals surface area (Å²) in [6.07, 6.45) is 2.82. The highest BCUT2D eigenvalue weighted by molar-refractivity contribution is 7.13. The number of nitrogens with zero attached hydrogens (tertiary/aromatic N) is 4. The molecule has 2 aromatic carbocycles. The zero-order valence-corrected chi connectivity index (χ0v) is 44.0. The van der Waals surface area contributed by atoms with E-state index in [2.05, 4.69) is 20.9 Å². The molecule has 1 aromatic heterocycles. The Balaban J connectivity index is 0.00000963. The Morgan fingerprint density at radius 3 is 2.22 bits per heavy atom. The van der Waals surface area contributed by atoms with Crippen LogP contribution in [0.5, 0.6) is 0 Å². The molecular weight excluding hydrogens is 962 g/mol. The third-order valence-electron chi connectivity index (χ3n) is 13.9. The average Bonchev–Trinajstić information content (AvgIpc) is 4.07. The van der Waals surface area contributed by atoms with Crippen LogP contribution in [0, 0.1) is 12.3 Å². The monoisotopic (exact) mass is 1040 g/mol. The molecule has 0 saturated carbocycles. The van der Waals surface area contributed by atoms with E-state index >= 15 is 0 Å². The zero-order chi connectivity index (χ0) is 51.6. The lowest BCUT2D eigenvalue weighted by molar-refractivity contribution is -0.144. The number of carbonyl (C=O) groups is 7. The number of primary amides is 1. The molecule has 8 atom stereocenters. The summed E-state index contributed by atoms with van der Waals surface area (Å²) in [4.78, 5) is 102. The lowest BCUT2D eigenvalue weighted by Gasteiger charge is -2.37. The fraction of sp³-hybridized carbons (Fsp3) is 0.577. The molecule has 4 heterocycles. The summed E-state index contributed by atoms with van der Waals surface area (Å²) < 4.78 is 6.23. The van der Waals surface area contributed by atoms with Crippen LogP contribution in [0.3, 0.4) is 0 Å². The lowest BCUT2D eigenvalue weighted by atomic mass is 9.85. The molecule has 72 heavy (non-hydrogen) atoms. The van der Waals surface area contributed by atoms with E-state index < -0.39 is 59.6 Å². The third kappa shape index (κ3) is 15.3. The normalized spacial score (nSPS) is 21.4. The molecule has 0 spiro atoms. The number of aromatic nitrogens is 1. The second-order valence-corrected chi connectivity index (χ2v) is 21.3. The van der Waals surface area contributed by atoms with Crippen molar-refractivity contribution in [2.24, 2.45) is 16.9 Å². The summed E-state index contributed by atoms with van der Waals surface area (Å²) in [7, 11) is 0. The number of thiazole rings is 1. The highest BCUT2D eigenvalue weighted by atomic mass is 35.5. The second kappa shape index (κ2) is 26.0. The molecule has 8 N–H and O–H groups in total. The van der Waals surface area contributed by atoms with Gasteiger partial charge >= 0.3 is 0 Å². The molecule has 3 fully saturated rings. The summed E-state index contributed by atoms with van der Waals surface area (Å²) in [5.74, 6) is -2.40. The van der Waals surface area contributed by atoms with Gasteiger partial charge in [-0.2, -0.15) is 0 Å². The van der Waals surface area contributed by atoms with Crippen molar-refractivity contribution in [1.82, 2.24) is 35.6 Å². The van der Waals surface area contributed by atoms with Crippen LogP contribution >= 0.6 is 23.7 Å². The van der Waals surface area contributed by atoms with Crippen molar-refractivity contribution in [3.8, 4) is 10.4 Å². The Kier molecular flexibility index (Phi) is 20.7. The molecule has 20 heteroatoms. The van der Waals surface area contributed by atoms with Crippen molar-refractivity contribution in [3.05, 3.63) is 76.4 Å². The number of nitrogens with one attached hydrogen (secondary N) is 3. The van der Waals surface area contributed by atoms with Crippen molar-refractivity contribution in [1.29, 1.82) is 0 Å². The van der Waals surface area contributed by atoms with Crippen molar-refractivity contribution >= 4 is 65.1 Å². The summed E-state index contributed by atoms with van der Waals surface area (Å²) >= 11 is 1.57. The van der Waals surface area contributed by atoms with E-state index in [-0.39, 0.29) is 99.9 Å². The van der Waals surface area contributed by atoms with Crippen molar-refractivity contribution in [2.45, 2.75) is 167 Å². The molecule has 0 bridgehead atoms. The molecule has 0 aliphatic carbocycles. The van der Waals surface area contributed by atoms with Crippen LogP contribution in [-0.2, 0) is 57.9 Å². The van der Waals surface area contributed by atoms with E-state index in [1.807, 2.05) is 88.7 Å². The van der Waals surface area contributed by atoms with Crippen molar-refractivity contribution in [2.75, 3.05) is 19.6 Å². The Hall–Kier alpha value is -5.47. The number of aliphatic hydroxyl groups is 1. The van der Waals surface area contributed by atoms with Gasteiger partial charge in [-0.15, -0.1) is 23.7 Å². The standard InChI is InChI=1S/C52H73N9O9S.ClH/c1-31-46(71-30-56-31)37-17-15-35(16-18-37)26-55-48(66)43-25-39(63)27-60(43)51(69)47(52(4,5)6)58-45(65)10-8-7-9-34-11-13-36(14-12-34)29-70-32(2)41(20-22-44(54)64)57-49(67)42-21-19-38-23-24-59(33(3)62)28-40(53)50(68)61(38)42;/h11-18,30,32,38-43,47,63H,7-10,19-29,53H2,1-6H3,(H2,54,64)(H,55,66)(H,57,67)(H,58,65);1H/t32-,38-,39-,40+,41+,42+,43+,47-;/m1./s1. The molecule has 3 aliphatic rings. The van der Waals surface area contributed by atoms with E-state index in [4.69, 9.17) is 16.2 Å². The number of hydrogen-bond donors (Lipinski definition) is 6. The Morgan fingerprint density at radius 2 is 1.58 bits per heavy atom. The predicted octanol–water partition coefficient (Wildman–Crippen LogP) is 3.66. The van der Waals surface area contributed by atoms with Gasteiger partial charge in [0.05, 0.1) is 40.9 Å². The van der Waals surface area contributed by atoms with Crippen LogP contribution in [0.25, 0.3) is 10.4 Å². The highest BCUT2D eigenvalue weighted by Crippen LogP contribution is 2.31. The topological polar surface area (TPSA) is 260 Å². The van der Waals surface area contributed by atoms with Gasteiger partial charge in [-0.3, -0.25) is 33.6 Å². The Bertz CT molecular complexity index is 2360. The number of nitrogens with two attached hydrogens (primary N) is 2. The first-order valence-electron chi connectivity index (χ1n) is 24.9. The van der Waals surface area contributed by atoms with Gasteiger partial charge in [0.25, 0.3) is 0 Å². The van der Waals surface area contributed by atoms with E-state index in [0.717, 1.165) is 39.2 Å². The average molecular weight is 1040 g/mol. The summed E-state index contributed by atoms with van der Waals surface area (Å²) in [5, 5.41) is 19.6. The minimum atomic E-state index is -0.942. The highest BCUT2D eigenvalue weighted by Gasteiger charge is 2.46. The number of carbonyl (C=O) groups excluding carboxylic acids is 7. The first kappa shape index (κ1) is 57.4. The molecule has 0 unspecified atom stereocenters. The van der Waals surface area contributed by atoms with Gasteiger partial charge in [-0.25, -0.2) is 4.98 Å². The molecule has 3 aliphatic heterocycles. The number of amides is 7. The Labute approximate surface area is 433 Å². The number of aliphatic hydroxyl groups excluding tert-OH is 1. The number of rotatable bonds is 20. The van der Waals surface area contributed by atoms with E-state index in [1.165, 1.54) is 11.8 Å². The second-order valence-electron chi connectivity index (χ2n) is 20.5. The van der Waals surface area contributed by atoms with E-state index in [9.17, 15) is 38.7 Å². The molecule has 7 amide bonds. The van der Waals surface area contributed by atoms with Gasteiger partial charge in [0.1, 0.15) is 24.2 Å². The fourth-order valence-corrected chi connectivity index (χ4v) is 10.5. The van der Waals surface area contributed by atoms with Crippen LogP contribution in [0.2, 0.25) is 0 Å². The first-order valence-corrected chi connectivity index (χ1v) is 25.7. The lowest BCUT2D eigenvalue weighted by Crippen LogP contribution is -2.60. The summed E-state index contributed by atoms with van der Waals surface area (Å²) in [5.41, 5.74) is 17.7. The maximum atomic E-state index is 14.1. The molecule has 18 nitrogen and oxygen atoms in total. The Morgan fingerprint density at radius 1 is 0.903 bits per heavy atom. The maximum Gasteiger partial charge on any atom is 0.246 e. The number of halogens is 1. The number of hydrogen-bond acceptors (Lipinski definition) is 12. The van der Waals surface area contributed by atoms with E-state index in [0.29, 0.717) is 38.6 Å². The molecule has 0 radical (unpaired) electrons.